The summed E-state index contributed by atoms with van der Waals surface area (Å²) in [5.74, 6) is 0. The fourth-order valence-electron chi connectivity index (χ4n) is 1.78. The highest BCUT2D eigenvalue weighted by molar-refractivity contribution is 5.25. The van der Waals surface area contributed by atoms with Crippen molar-refractivity contribution < 1.29 is 5.11 Å². The summed E-state index contributed by atoms with van der Waals surface area (Å²) in [6.07, 6.45) is 4.31. The smallest absolute Gasteiger partial charge is 0.0431 e. The van der Waals surface area contributed by atoms with Crippen molar-refractivity contribution in [3.63, 3.8) is 0 Å². The number of unbranched alkanes of at least 4 members (excludes halogenated alkanes) is 2. The van der Waals surface area contributed by atoms with E-state index >= 15 is 0 Å². The van der Waals surface area contributed by atoms with E-state index in [1.165, 1.54) is 11.1 Å². The molecular formula is C14H23NO. The van der Waals surface area contributed by atoms with Crippen LogP contribution in [0.15, 0.2) is 24.3 Å². The number of rotatable bonds is 8. The van der Waals surface area contributed by atoms with Crippen molar-refractivity contribution in [1.29, 1.82) is 0 Å². The lowest BCUT2D eigenvalue weighted by atomic mass is 10.1. The summed E-state index contributed by atoms with van der Waals surface area (Å²) in [5.41, 5.74) is 2.81. The molecule has 0 unspecified atom stereocenters. The highest BCUT2D eigenvalue weighted by atomic mass is 16.2. The molecule has 0 heterocycles. The second-order valence-corrected chi connectivity index (χ2v) is 4.21. The van der Waals surface area contributed by atoms with Gasteiger partial charge in [-0.1, -0.05) is 24.3 Å². The minimum absolute atomic E-state index is 0.323. The summed E-state index contributed by atoms with van der Waals surface area (Å²) < 4.78 is 0. The molecule has 2 N–H and O–H groups in total. The van der Waals surface area contributed by atoms with Crippen LogP contribution >= 0.6 is 0 Å². The molecule has 0 aliphatic rings. The van der Waals surface area contributed by atoms with E-state index in [1.54, 1.807) is 0 Å². The third-order valence-corrected chi connectivity index (χ3v) is 2.84. The SMILES string of the molecule is Cc1ccccc1CCNCCCCCO. The van der Waals surface area contributed by atoms with Gasteiger partial charge in [-0.2, -0.15) is 0 Å². The Bertz CT molecular complexity index is 286. The molecule has 0 bridgehead atoms. The Balaban J connectivity index is 2.05. The maximum atomic E-state index is 8.63. The molecule has 0 fully saturated rings. The number of hydrogen-bond donors (Lipinski definition) is 2. The van der Waals surface area contributed by atoms with Crippen molar-refractivity contribution in [2.75, 3.05) is 19.7 Å². The third kappa shape index (κ3) is 5.29. The van der Waals surface area contributed by atoms with Gasteiger partial charge in [-0.05, 0) is 56.8 Å². The summed E-state index contributed by atoms with van der Waals surface area (Å²) >= 11 is 0. The molecule has 0 spiro atoms. The lowest BCUT2D eigenvalue weighted by molar-refractivity contribution is 0.283. The van der Waals surface area contributed by atoms with E-state index in [0.717, 1.165) is 38.8 Å². The zero-order valence-corrected chi connectivity index (χ0v) is 10.2. The molecule has 1 rings (SSSR count). The molecular weight excluding hydrogens is 198 g/mol. The van der Waals surface area contributed by atoms with E-state index in [-0.39, 0.29) is 0 Å². The Morgan fingerprint density at radius 2 is 1.88 bits per heavy atom. The molecule has 2 nitrogen and oxygen atoms in total. The van der Waals surface area contributed by atoms with E-state index in [0.29, 0.717) is 6.61 Å². The van der Waals surface area contributed by atoms with E-state index in [2.05, 4.69) is 36.5 Å². The van der Waals surface area contributed by atoms with Gasteiger partial charge in [0.05, 0.1) is 0 Å². The van der Waals surface area contributed by atoms with E-state index in [1.807, 2.05) is 0 Å². The van der Waals surface area contributed by atoms with E-state index in [4.69, 9.17) is 5.11 Å². The van der Waals surface area contributed by atoms with Gasteiger partial charge in [0.2, 0.25) is 0 Å². The van der Waals surface area contributed by atoms with Gasteiger partial charge in [0.25, 0.3) is 0 Å². The van der Waals surface area contributed by atoms with Gasteiger partial charge >= 0.3 is 0 Å². The van der Waals surface area contributed by atoms with E-state index < -0.39 is 0 Å². The van der Waals surface area contributed by atoms with Crippen molar-refractivity contribution in [3.05, 3.63) is 35.4 Å². The zero-order chi connectivity index (χ0) is 11.6. The van der Waals surface area contributed by atoms with Gasteiger partial charge in [0, 0.05) is 6.61 Å². The van der Waals surface area contributed by atoms with Gasteiger partial charge in [0.1, 0.15) is 0 Å². The topological polar surface area (TPSA) is 32.3 Å². The normalized spacial score (nSPS) is 10.6. The standard InChI is InChI=1S/C14H23NO/c1-13-7-3-4-8-14(13)9-11-15-10-5-2-6-12-16/h3-4,7-8,15-16H,2,5-6,9-12H2,1H3. The molecule has 0 amide bonds. The first kappa shape index (κ1) is 13.2. The molecule has 0 saturated heterocycles. The van der Waals surface area contributed by atoms with Crippen molar-refractivity contribution in [3.8, 4) is 0 Å². The maximum Gasteiger partial charge on any atom is 0.0431 e. The van der Waals surface area contributed by atoms with Crippen molar-refractivity contribution >= 4 is 0 Å². The van der Waals surface area contributed by atoms with Crippen molar-refractivity contribution in [2.24, 2.45) is 0 Å². The van der Waals surface area contributed by atoms with Gasteiger partial charge in [-0.15, -0.1) is 0 Å². The second kappa shape index (κ2) is 8.31. The molecule has 0 aliphatic carbocycles. The zero-order valence-electron chi connectivity index (χ0n) is 10.2. The Hall–Kier alpha value is -0.860. The number of nitrogens with one attached hydrogen (secondary N) is 1. The molecule has 2 heteroatoms. The quantitative estimate of drug-likeness (QED) is 0.660. The molecule has 1 aromatic carbocycles. The molecule has 0 aromatic heterocycles. The Morgan fingerprint density at radius 1 is 1.06 bits per heavy atom. The molecule has 0 saturated carbocycles. The average Bonchev–Trinajstić information content (AvgIpc) is 2.30. The second-order valence-electron chi connectivity index (χ2n) is 4.21. The van der Waals surface area contributed by atoms with Crippen LogP contribution < -0.4 is 5.32 Å². The predicted molar refractivity (Wildman–Crippen MR) is 68.7 cm³/mol. The molecule has 0 aliphatic heterocycles. The van der Waals surface area contributed by atoms with Crippen LogP contribution in [0, 0.1) is 6.92 Å². The Kier molecular flexibility index (Phi) is 6.86. The predicted octanol–water partition coefficient (Wildman–Crippen LogP) is 2.29. The Morgan fingerprint density at radius 3 is 2.62 bits per heavy atom. The largest absolute Gasteiger partial charge is 0.396 e. The van der Waals surface area contributed by atoms with Crippen LogP contribution in [-0.2, 0) is 6.42 Å². The van der Waals surface area contributed by atoms with Crippen LogP contribution in [0.1, 0.15) is 30.4 Å². The van der Waals surface area contributed by atoms with Gasteiger partial charge in [-0.25, -0.2) is 0 Å². The first-order chi connectivity index (χ1) is 7.84. The van der Waals surface area contributed by atoms with Crippen LogP contribution in [0.4, 0.5) is 0 Å². The molecule has 1 aromatic rings. The van der Waals surface area contributed by atoms with Gasteiger partial charge in [-0.3, -0.25) is 0 Å². The molecule has 16 heavy (non-hydrogen) atoms. The first-order valence-electron chi connectivity index (χ1n) is 6.20. The van der Waals surface area contributed by atoms with Crippen LogP contribution in [-0.4, -0.2) is 24.8 Å². The van der Waals surface area contributed by atoms with E-state index in [9.17, 15) is 0 Å². The van der Waals surface area contributed by atoms with Gasteiger partial charge < -0.3 is 10.4 Å². The maximum absolute atomic E-state index is 8.63. The summed E-state index contributed by atoms with van der Waals surface area (Å²) in [5, 5.41) is 12.1. The Labute approximate surface area is 98.7 Å². The number of aryl methyl sites for hydroxylation is 1. The lowest BCUT2D eigenvalue weighted by Crippen LogP contribution is -2.18. The summed E-state index contributed by atoms with van der Waals surface area (Å²) in [7, 11) is 0. The van der Waals surface area contributed by atoms with Crippen LogP contribution in [0.3, 0.4) is 0 Å². The average molecular weight is 221 g/mol. The minimum atomic E-state index is 0.323. The van der Waals surface area contributed by atoms with Crippen molar-refractivity contribution in [2.45, 2.75) is 32.6 Å². The van der Waals surface area contributed by atoms with Gasteiger partial charge in [0.15, 0.2) is 0 Å². The fraction of sp³-hybridized carbons (Fsp3) is 0.571. The summed E-state index contributed by atoms with van der Waals surface area (Å²) in [6, 6.07) is 8.55. The van der Waals surface area contributed by atoms with Crippen LogP contribution in [0.25, 0.3) is 0 Å². The number of aliphatic hydroxyl groups is 1. The number of aliphatic hydroxyl groups excluding tert-OH is 1. The molecule has 90 valence electrons. The highest BCUT2D eigenvalue weighted by Crippen LogP contribution is 2.06. The lowest BCUT2D eigenvalue weighted by Gasteiger charge is -2.06. The van der Waals surface area contributed by atoms with Crippen LogP contribution in [0.2, 0.25) is 0 Å². The summed E-state index contributed by atoms with van der Waals surface area (Å²) in [6.45, 7) is 4.59. The fourth-order valence-corrected chi connectivity index (χ4v) is 1.78. The summed E-state index contributed by atoms with van der Waals surface area (Å²) in [4.78, 5) is 0. The molecule has 0 radical (unpaired) electrons. The van der Waals surface area contributed by atoms with Crippen LogP contribution in [0.5, 0.6) is 0 Å². The molecule has 0 atom stereocenters. The van der Waals surface area contributed by atoms with Crippen molar-refractivity contribution in [1.82, 2.24) is 5.32 Å². The number of hydrogen-bond acceptors (Lipinski definition) is 2. The monoisotopic (exact) mass is 221 g/mol. The highest BCUT2D eigenvalue weighted by Gasteiger charge is 1.96. The minimum Gasteiger partial charge on any atom is -0.396 e. The third-order valence-electron chi connectivity index (χ3n) is 2.84. The number of benzene rings is 1. The first-order valence-corrected chi connectivity index (χ1v) is 6.20.